The van der Waals surface area contributed by atoms with Crippen molar-refractivity contribution in [3.8, 4) is 0 Å². The number of hydrogen-bond acceptors (Lipinski definition) is 3. The Labute approximate surface area is 238 Å². The van der Waals surface area contributed by atoms with Crippen LogP contribution in [0.15, 0.2) is 16.8 Å². The van der Waals surface area contributed by atoms with Gasteiger partial charge in [0.05, 0.1) is 0 Å². The van der Waals surface area contributed by atoms with Gasteiger partial charge in [0.1, 0.15) is 6.10 Å². The number of azide groups is 1. The van der Waals surface area contributed by atoms with Gasteiger partial charge in [-0.3, -0.25) is 0 Å². The molecule has 0 spiro atoms. The fourth-order valence-electron chi connectivity index (χ4n) is 9.67. The van der Waals surface area contributed by atoms with Crippen LogP contribution in [0.4, 0.5) is 4.79 Å². The summed E-state index contributed by atoms with van der Waals surface area (Å²) < 4.78 is 5.88. The zero-order valence-electron chi connectivity index (χ0n) is 25.6. The third-order valence-corrected chi connectivity index (χ3v) is 11.8. The van der Waals surface area contributed by atoms with Crippen LogP contribution in [-0.4, -0.2) is 25.3 Å². The molecule has 6 heteroatoms. The van der Waals surface area contributed by atoms with E-state index >= 15 is 0 Å². The van der Waals surface area contributed by atoms with Gasteiger partial charge in [-0.25, -0.2) is 4.79 Å². The van der Waals surface area contributed by atoms with Crippen molar-refractivity contribution in [3.05, 3.63) is 22.1 Å². The molecule has 3 unspecified atom stereocenters. The van der Waals surface area contributed by atoms with Crippen LogP contribution in [0.3, 0.4) is 0 Å². The van der Waals surface area contributed by atoms with Gasteiger partial charge in [-0.05, 0) is 110 Å². The number of amides is 1. The average Bonchev–Trinajstić information content (AvgIpc) is 3.25. The summed E-state index contributed by atoms with van der Waals surface area (Å²) in [7, 11) is 0. The van der Waals surface area contributed by atoms with Crippen LogP contribution >= 0.6 is 0 Å². The minimum Gasteiger partial charge on any atom is -0.446 e. The molecule has 4 rings (SSSR count). The van der Waals surface area contributed by atoms with Crippen LogP contribution in [0.2, 0.25) is 0 Å². The third-order valence-electron chi connectivity index (χ3n) is 11.8. The van der Waals surface area contributed by atoms with Crippen LogP contribution in [0.25, 0.3) is 10.4 Å². The van der Waals surface area contributed by atoms with Crippen molar-refractivity contribution in [2.75, 3.05) is 13.1 Å². The molecule has 39 heavy (non-hydrogen) atoms. The number of allylic oxidation sites excluding steroid dienone is 1. The van der Waals surface area contributed by atoms with Gasteiger partial charge in [0, 0.05) is 24.4 Å². The van der Waals surface area contributed by atoms with Gasteiger partial charge in [0.2, 0.25) is 0 Å². The van der Waals surface area contributed by atoms with E-state index in [-0.39, 0.29) is 17.6 Å². The maximum Gasteiger partial charge on any atom is 0.407 e. The Bertz CT molecular complexity index is 911. The first kappa shape index (κ1) is 30.3. The number of carbonyl (C=O) groups excluding carboxylic acids is 1. The molecule has 0 aliphatic heterocycles. The third kappa shape index (κ3) is 6.80. The molecule has 0 saturated heterocycles. The maximum absolute atomic E-state index is 12.4. The van der Waals surface area contributed by atoms with Crippen molar-refractivity contribution in [2.24, 2.45) is 51.5 Å². The molecule has 0 aromatic carbocycles. The minimum atomic E-state index is -0.277. The quantitative estimate of drug-likeness (QED) is 0.0878. The number of nitrogens with zero attached hydrogens (tertiary/aromatic N) is 3. The fraction of sp³-hybridized carbons (Fsp3) is 0.909. The fourth-order valence-corrected chi connectivity index (χ4v) is 9.67. The molecule has 8 atom stereocenters. The van der Waals surface area contributed by atoms with E-state index in [2.05, 4.69) is 56.0 Å². The van der Waals surface area contributed by atoms with Crippen molar-refractivity contribution in [3.63, 3.8) is 0 Å². The molecule has 220 valence electrons. The summed E-state index contributed by atoms with van der Waals surface area (Å²) in [6, 6.07) is 0. The predicted molar refractivity (Wildman–Crippen MR) is 159 cm³/mol. The van der Waals surface area contributed by atoms with Crippen LogP contribution in [0, 0.1) is 46.3 Å². The van der Waals surface area contributed by atoms with Crippen LogP contribution in [-0.2, 0) is 4.74 Å². The summed E-state index contributed by atoms with van der Waals surface area (Å²) in [5.41, 5.74) is 10.7. The second-order valence-corrected chi connectivity index (χ2v) is 14.5. The molecule has 0 heterocycles. The van der Waals surface area contributed by atoms with Crippen molar-refractivity contribution in [2.45, 2.75) is 131 Å². The minimum absolute atomic E-state index is 0.00208. The number of ether oxygens (including phenoxy) is 1. The number of carbonyl (C=O) groups is 1. The monoisotopic (exact) mass is 540 g/mol. The number of unbranched alkanes of at least 4 members (excludes halogenated alkanes) is 2. The molecular formula is C33H56N4O2. The van der Waals surface area contributed by atoms with Crippen LogP contribution < -0.4 is 5.32 Å². The summed E-state index contributed by atoms with van der Waals surface area (Å²) in [4.78, 5) is 15.2. The van der Waals surface area contributed by atoms with E-state index in [1.165, 1.54) is 51.4 Å². The van der Waals surface area contributed by atoms with Gasteiger partial charge in [-0.2, -0.15) is 0 Å². The molecule has 0 aromatic rings. The molecule has 3 saturated carbocycles. The summed E-state index contributed by atoms with van der Waals surface area (Å²) in [5, 5.41) is 6.48. The van der Waals surface area contributed by atoms with Crippen molar-refractivity contribution < 1.29 is 9.53 Å². The number of rotatable bonds is 12. The second-order valence-electron chi connectivity index (χ2n) is 14.5. The maximum atomic E-state index is 12.4. The highest BCUT2D eigenvalue weighted by atomic mass is 16.6. The molecule has 0 aromatic heterocycles. The standard InChI is InChI=1S/C33H56N4O2/c1-23(2)10-9-11-24(3)28-14-15-29-27-13-12-25-22-26(39-31(38)35-20-7-6-8-21-36-37-34)16-18-32(25,4)30(27)17-19-33(28,29)5/h12,23-24,26-30H,6-11,13-22H2,1-5H3,(H,35,38)/t24-,26+,27?,28-,29?,30?,32+,33-/m1/s1. The zero-order chi connectivity index (χ0) is 28.0. The lowest BCUT2D eigenvalue weighted by Gasteiger charge is -2.58. The number of alkyl carbamates (subject to hydrolysis) is 1. The van der Waals surface area contributed by atoms with Gasteiger partial charge in [0.25, 0.3) is 0 Å². The molecule has 6 nitrogen and oxygen atoms in total. The summed E-state index contributed by atoms with van der Waals surface area (Å²) in [6.45, 7) is 13.6. The Kier molecular flexibility index (Phi) is 10.3. The van der Waals surface area contributed by atoms with Gasteiger partial charge < -0.3 is 10.1 Å². The number of hydrogen-bond donors (Lipinski definition) is 1. The number of nitrogens with one attached hydrogen (secondary N) is 1. The number of fused-ring (bicyclic) bond motifs is 5. The van der Waals surface area contributed by atoms with Crippen molar-refractivity contribution >= 4 is 6.09 Å². The summed E-state index contributed by atoms with van der Waals surface area (Å²) in [6.07, 6.45) is 19.1. The summed E-state index contributed by atoms with van der Waals surface area (Å²) >= 11 is 0. The van der Waals surface area contributed by atoms with Crippen LogP contribution in [0.5, 0.6) is 0 Å². The SMILES string of the molecule is CC(C)CCC[C@@H](C)[C@H]1CCC2C3CC=C4C[C@@H](OC(=O)NCCCCCN=[N+]=[N-])CC[C@]4(C)C3CC[C@@]21C. The first-order chi connectivity index (χ1) is 18.7. The zero-order valence-corrected chi connectivity index (χ0v) is 25.6. The predicted octanol–water partition coefficient (Wildman–Crippen LogP) is 9.60. The lowest BCUT2D eigenvalue weighted by Crippen LogP contribution is -2.51. The van der Waals surface area contributed by atoms with Gasteiger partial charge in [0.15, 0.2) is 0 Å². The Hall–Kier alpha value is -1.68. The Morgan fingerprint density at radius 3 is 2.67 bits per heavy atom. The molecule has 1 N–H and O–H groups in total. The van der Waals surface area contributed by atoms with E-state index in [9.17, 15) is 4.79 Å². The van der Waals surface area contributed by atoms with Gasteiger partial charge in [-0.15, -0.1) is 0 Å². The van der Waals surface area contributed by atoms with Crippen molar-refractivity contribution in [1.29, 1.82) is 0 Å². The average molecular weight is 541 g/mol. The highest BCUT2D eigenvalue weighted by Crippen LogP contribution is 2.67. The lowest BCUT2D eigenvalue weighted by molar-refractivity contribution is -0.0581. The van der Waals surface area contributed by atoms with Gasteiger partial charge in [-0.1, -0.05) is 77.1 Å². The second kappa shape index (κ2) is 13.3. The van der Waals surface area contributed by atoms with E-state index in [0.717, 1.165) is 74.0 Å². The Balaban J connectivity index is 1.30. The van der Waals surface area contributed by atoms with Gasteiger partial charge >= 0.3 is 6.09 Å². The molecule has 4 aliphatic rings. The molecular weight excluding hydrogens is 484 g/mol. The Morgan fingerprint density at radius 1 is 1.08 bits per heavy atom. The first-order valence-corrected chi connectivity index (χ1v) is 16.3. The largest absolute Gasteiger partial charge is 0.446 e. The van der Waals surface area contributed by atoms with E-state index < -0.39 is 0 Å². The lowest BCUT2D eigenvalue weighted by atomic mass is 9.47. The molecule has 4 aliphatic carbocycles. The summed E-state index contributed by atoms with van der Waals surface area (Å²) in [5.74, 6) is 5.11. The van der Waals surface area contributed by atoms with Crippen molar-refractivity contribution in [1.82, 2.24) is 5.32 Å². The normalized spacial score (nSPS) is 36.2. The molecule has 0 bridgehead atoms. The first-order valence-electron chi connectivity index (χ1n) is 16.3. The smallest absolute Gasteiger partial charge is 0.407 e. The van der Waals surface area contributed by atoms with E-state index in [1.54, 1.807) is 5.57 Å². The topological polar surface area (TPSA) is 87.1 Å². The van der Waals surface area contributed by atoms with Crippen LogP contribution in [0.1, 0.15) is 125 Å². The highest BCUT2D eigenvalue weighted by molar-refractivity contribution is 5.67. The molecule has 3 fully saturated rings. The highest BCUT2D eigenvalue weighted by Gasteiger charge is 2.59. The molecule has 1 amide bonds. The van der Waals surface area contributed by atoms with E-state index in [4.69, 9.17) is 10.3 Å². The van der Waals surface area contributed by atoms with E-state index in [1.807, 2.05) is 0 Å². The van der Waals surface area contributed by atoms with E-state index in [0.29, 0.717) is 18.5 Å². The Morgan fingerprint density at radius 2 is 1.90 bits per heavy atom. The molecule has 0 radical (unpaired) electrons.